The first-order chi connectivity index (χ1) is 16.0. The summed E-state index contributed by atoms with van der Waals surface area (Å²) in [7, 11) is 0. The summed E-state index contributed by atoms with van der Waals surface area (Å²) in [6.07, 6.45) is 1.52. The molecule has 2 heterocycles. The van der Waals surface area contributed by atoms with Gasteiger partial charge in [-0.2, -0.15) is 0 Å². The topological polar surface area (TPSA) is 76.8 Å². The van der Waals surface area contributed by atoms with Crippen molar-refractivity contribution in [3.05, 3.63) is 82.0 Å². The summed E-state index contributed by atoms with van der Waals surface area (Å²) in [4.78, 5) is 39.3. The number of para-hydroxylation sites is 1. The van der Waals surface area contributed by atoms with E-state index in [1.165, 1.54) is 12.1 Å². The fourth-order valence-corrected chi connectivity index (χ4v) is 4.55. The minimum absolute atomic E-state index is 0.0220. The van der Waals surface area contributed by atoms with Crippen molar-refractivity contribution in [3.63, 3.8) is 0 Å². The van der Waals surface area contributed by atoms with Crippen molar-refractivity contribution in [2.45, 2.75) is 32.1 Å². The number of carbonyl (C=O) groups excluding carboxylic acids is 2. The number of amides is 1. The van der Waals surface area contributed by atoms with E-state index in [1.54, 1.807) is 48.2 Å². The molecule has 0 unspecified atom stereocenters. The normalized spacial score (nSPS) is 15.4. The van der Waals surface area contributed by atoms with Crippen LogP contribution in [-0.4, -0.2) is 36.5 Å². The molecule has 1 aromatic heterocycles. The standard InChI is InChI=1S/C26H26FNO5/c1-2-32-24(29)16-21(17-7-9-20(27)10-8-17)18-11-13-28(14-12-18)25(30)22-15-19-5-3-4-6-23(19)33-26(22)31/h3-10,15,18,21H,2,11-14,16H2,1H3/t21-/m1/s1. The van der Waals surface area contributed by atoms with Crippen molar-refractivity contribution < 1.29 is 23.1 Å². The van der Waals surface area contributed by atoms with Gasteiger partial charge in [-0.1, -0.05) is 30.3 Å². The van der Waals surface area contributed by atoms with Gasteiger partial charge in [0.05, 0.1) is 13.0 Å². The number of hydrogen-bond acceptors (Lipinski definition) is 5. The molecule has 0 saturated carbocycles. The van der Waals surface area contributed by atoms with Crippen LogP contribution in [0.4, 0.5) is 4.39 Å². The fourth-order valence-electron chi connectivity index (χ4n) is 4.55. The lowest BCUT2D eigenvalue weighted by atomic mass is 9.78. The van der Waals surface area contributed by atoms with E-state index in [9.17, 15) is 18.8 Å². The third kappa shape index (κ3) is 5.13. The van der Waals surface area contributed by atoms with E-state index < -0.39 is 5.63 Å². The Bertz CT molecular complexity index is 1200. The van der Waals surface area contributed by atoms with Gasteiger partial charge >= 0.3 is 11.6 Å². The molecule has 2 aromatic carbocycles. The molecule has 172 valence electrons. The molecule has 1 atom stereocenters. The van der Waals surface area contributed by atoms with Crippen LogP contribution in [0.25, 0.3) is 11.0 Å². The van der Waals surface area contributed by atoms with Gasteiger partial charge in [-0.3, -0.25) is 9.59 Å². The molecular formula is C26H26FNO5. The number of carbonyl (C=O) groups is 2. The monoisotopic (exact) mass is 451 g/mol. The lowest BCUT2D eigenvalue weighted by Crippen LogP contribution is -2.41. The van der Waals surface area contributed by atoms with Crippen LogP contribution in [0, 0.1) is 11.7 Å². The van der Waals surface area contributed by atoms with Gasteiger partial charge in [-0.15, -0.1) is 0 Å². The lowest BCUT2D eigenvalue weighted by molar-refractivity contribution is -0.144. The lowest BCUT2D eigenvalue weighted by Gasteiger charge is -2.36. The minimum atomic E-state index is -0.646. The second kappa shape index (κ2) is 9.98. The first-order valence-corrected chi connectivity index (χ1v) is 11.2. The summed E-state index contributed by atoms with van der Waals surface area (Å²) < 4.78 is 23.9. The van der Waals surface area contributed by atoms with E-state index in [-0.39, 0.29) is 41.5 Å². The Hall–Kier alpha value is -3.48. The zero-order valence-electron chi connectivity index (χ0n) is 18.5. The van der Waals surface area contributed by atoms with Crippen LogP contribution < -0.4 is 5.63 Å². The molecule has 1 amide bonds. The zero-order valence-corrected chi connectivity index (χ0v) is 18.5. The van der Waals surface area contributed by atoms with E-state index in [2.05, 4.69) is 0 Å². The number of piperidine rings is 1. The van der Waals surface area contributed by atoms with Gasteiger partial charge in [-0.05, 0) is 61.4 Å². The Balaban J connectivity index is 1.49. The molecule has 4 rings (SSSR count). The Labute approximate surface area is 191 Å². The molecule has 1 aliphatic heterocycles. The number of benzene rings is 2. The fraction of sp³-hybridized carbons (Fsp3) is 0.346. The molecular weight excluding hydrogens is 425 g/mol. The first-order valence-electron chi connectivity index (χ1n) is 11.2. The smallest absolute Gasteiger partial charge is 0.349 e. The number of hydrogen-bond donors (Lipinski definition) is 0. The Morgan fingerprint density at radius 2 is 1.82 bits per heavy atom. The average molecular weight is 451 g/mol. The van der Waals surface area contributed by atoms with Gasteiger partial charge in [0.25, 0.3) is 5.91 Å². The number of likely N-dealkylation sites (tertiary alicyclic amines) is 1. The third-order valence-electron chi connectivity index (χ3n) is 6.26. The highest BCUT2D eigenvalue weighted by Crippen LogP contribution is 2.36. The van der Waals surface area contributed by atoms with Gasteiger partial charge in [0, 0.05) is 18.5 Å². The van der Waals surface area contributed by atoms with Crippen LogP contribution in [0.2, 0.25) is 0 Å². The van der Waals surface area contributed by atoms with E-state index in [0.29, 0.717) is 43.5 Å². The van der Waals surface area contributed by atoms with Crippen molar-refractivity contribution >= 4 is 22.8 Å². The summed E-state index contributed by atoms with van der Waals surface area (Å²) in [5, 5.41) is 0.696. The Kier molecular flexibility index (Phi) is 6.87. The SMILES string of the molecule is CCOC(=O)C[C@H](c1ccc(F)cc1)C1CCN(C(=O)c2cc3ccccc3oc2=O)CC1. The number of nitrogens with zero attached hydrogens (tertiary/aromatic N) is 1. The van der Waals surface area contributed by atoms with E-state index >= 15 is 0 Å². The summed E-state index contributed by atoms with van der Waals surface area (Å²) in [6.45, 7) is 2.97. The number of fused-ring (bicyclic) bond motifs is 1. The number of esters is 1. The molecule has 3 aromatic rings. The maximum absolute atomic E-state index is 13.4. The second-order valence-electron chi connectivity index (χ2n) is 8.28. The quantitative estimate of drug-likeness (QED) is 0.407. The van der Waals surface area contributed by atoms with Gasteiger partial charge in [0.1, 0.15) is 17.0 Å². The predicted octanol–water partition coefficient (Wildman–Crippen LogP) is 4.52. The van der Waals surface area contributed by atoms with Gasteiger partial charge in [0.15, 0.2) is 0 Å². The maximum atomic E-state index is 13.4. The summed E-state index contributed by atoms with van der Waals surface area (Å²) >= 11 is 0. The van der Waals surface area contributed by atoms with Crippen LogP contribution >= 0.6 is 0 Å². The zero-order chi connectivity index (χ0) is 23.4. The first kappa shape index (κ1) is 22.7. The van der Waals surface area contributed by atoms with E-state index in [4.69, 9.17) is 9.15 Å². The van der Waals surface area contributed by atoms with Crippen molar-refractivity contribution in [1.29, 1.82) is 0 Å². The van der Waals surface area contributed by atoms with Crippen LogP contribution in [0.3, 0.4) is 0 Å². The highest BCUT2D eigenvalue weighted by atomic mass is 19.1. The van der Waals surface area contributed by atoms with Gasteiger partial charge < -0.3 is 14.1 Å². The van der Waals surface area contributed by atoms with Crippen molar-refractivity contribution in [3.8, 4) is 0 Å². The summed E-state index contributed by atoms with van der Waals surface area (Å²) in [6, 6.07) is 14.9. The molecule has 1 fully saturated rings. The third-order valence-corrected chi connectivity index (χ3v) is 6.26. The maximum Gasteiger partial charge on any atom is 0.349 e. The Morgan fingerprint density at radius 1 is 1.12 bits per heavy atom. The molecule has 1 saturated heterocycles. The van der Waals surface area contributed by atoms with Crippen LogP contribution in [0.1, 0.15) is 48.0 Å². The van der Waals surface area contributed by atoms with E-state index in [1.807, 2.05) is 6.07 Å². The average Bonchev–Trinajstić information content (AvgIpc) is 2.83. The molecule has 0 N–H and O–H groups in total. The molecule has 33 heavy (non-hydrogen) atoms. The molecule has 1 aliphatic rings. The number of rotatable bonds is 6. The van der Waals surface area contributed by atoms with Crippen molar-refractivity contribution in [1.82, 2.24) is 4.90 Å². The largest absolute Gasteiger partial charge is 0.466 e. The second-order valence-corrected chi connectivity index (χ2v) is 8.28. The molecule has 6 nitrogen and oxygen atoms in total. The molecule has 0 spiro atoms. The molecule has 7 heteroatoms. The predicted molar refractivity (Wildman–Crippen MR) is 122 cm³/mol. The molecule has 0 bridgehead atoms. The number of ether oxygens (including phenoxy) is 1. The molecule has 0 aliphatic carbocycles. The summed E-state index contributed by atoms with van der Waals surface area (Å²) in [5.41, 5.74) is 0.698. The highest BCUT2D eigenvalue weighted by Gasteiger charge is 2.32. The Morgan fingerprint density at radius 3 is 2.52 bits per heavy atom. The van der Waals surface area contributed by atoms with Crippen molar-refractivity contribution in [2.75, 3.05) is 19.7 Å². The van der Waals surface area contributed by atoms with Gasteiger partial charge in [-0.25, -0.2) is 9.18 Å². The minimum Gasteiger partial charge on any atom is -0.466 e. The van der Waals surface area contributed by atoms with Gasteiger partial charge in [0.2, 0.25) is 0 Å². The molecule has 0 radical (unpaired) electrons. The van der Waals surface area contributed by atoms with Crippen LogP contribution in [0.15, 0.2) is 63.8 Å². The summed E-state index contributed by atoms with van der Waals surface area (Å²) in [5.74, 6) is -0.983. The van der Waals surface area contributed by atoms with Crippen molar-refractivity contribution in [2.24, 2.45) is 5.92 Å². The van der Waals surface area contributed by atoms with E-state index in [0.717, 1.165) is 5.56 Å². The van der Waals surface area contributed by atoms with Crippen LogP contribution in [-0.2, 0) is 9.53 Å². The highest BCUT2D eigenvalue weighted by molar-refractivity contribution is 5.96. The number of halogens is 1. The van der Waals surface area contributed by atoms with Crippen LogP contribution in [0.5, 0.6) is 0 Å².